The molecule has 0 aliphatic heterocycles. The maximum Gasteiger partial charge on any atom is 0.0617 e. The maximum atomic E-state index is 8.92. The highest BCUT2D eigenvalue weighted by molar-refractivity contribution is 5.37. The van der Waals surface area contributed by atoms with Gasteiger partial charge in [-0.2, -0.15) is 0 Å². The fourth-order valence-electron chi connectivity index (χ4n) is 2.75. The standard InChI is InChI=1S/C20H30O/c1-16(8-6-9-17(2)13-15-21)11-12-19-18(3)10-7-14-20(19,4)5/h6,8-9,11-13,21H,7,10,14-15H2,1-5H3/b9-6+,12-11+,16-8+,17-13+/i2D3. The summed E-state index contributed by atoms with van der Waals surface area (Å²) in [5.74, 6) is 0. The Hall–Kier alpha value is -1.34. The van der Waals surface area contributed by atoms with Crippen molar-refractivity contribution in [1.29, 1.82) is 0 Å². The molecule has 0 spiro atoms. The smallest absolute Gasteiger partial charge is 0.0617 e. The van der Waals surface area contributed by atoms with Crippen LogP contribution >= 0.6 is 0 Å². The molecule has 1 heteroatoms. The van der Waals surface area contributed by atoms with E-state index in [2.05, 4.69) is 32.9 Å². The lowest BCUT2D eigenvalue weighted by Gasteiger charge is -2.32. The van der Waals surface area contributed by atoms with Crippen molar-refractivity contribution in [3.05, 3.63) is 58.7 Å². The summed E-state index contributed by atoms with van der Waals surface area (Å²) in [6.45, 7) is 6.31. The van der Waals surface area contributed by atoms with Gasteiger partial charge in [0.1, 0.15) is 0 Å². The van der Waals surface area contributed by atoms with E-state index in [-0.39, 0.29) is 17.6 Å². The first-order valence-electron chi connectivity index (χ1n) is 9.12. The lowest BCUT2D eigenvalue weighted by molar-refractivity contribution is 0.342. The van der Waals surface area contributed by atoms with E-state index in [0.717, 1.165) is 5.57 Å². The predicted molar refractivity (Wildman–Crippen MR) is 93.2 cm³/mol. The number of aliphatic hydroxyl groups excluding tert-OH is 1. The molecule has 1 rings (SSSR count). The number of rotatable bonds is 5. The molecule has 1 N–H and O–H groups in total. The fourth-order valence-corrected chi connectivity index (χ4v) is 2.75. The van der Waals surface area contributed by atoms with Crippen molar-refractivity contribution in [3.63, 3.8) is 0 Å². The quantitative estimate of drug-likeness (QED) is 0.662. The van der Waals surface area contributed by atoms with Crippen molar-refractivity contribution >= 4 is 0 Å². The Bertz CT molecular complexity index is 584. The molecule has 0 aromatic rings. The molecule has 0 amide bonds. The van der Waals surface area contributed by atoms with E-state index in [0.29, 0.717) is 0 Å². The first-order valence-corrected chi connectivity index (χ1v) is 7.62. The molecule has 1 aliphatic rings. The van der Waals surface area contributed by atoms with Crippen LogP contribution in [0.15, 0.2) is 58.7 Å². The summed E-state index contributed by atoms with van der Waals surface area (Å²) in [7, 11) is 0. The molecule has 116 valence electrons. The number of aliphatic hydroxyl groups is 1. The Morgan fingerprint density at radius 2 is 2.10 bits per heavy atom. The lowest BCUT2D eigenvalue weighted by Crippen LogP contribution is -2.19. The minimum Gasteiger partial charge on any atom is -0.392 e. The summed E-state index contributed by atoms with van der Waals surface area (Å²) in [4.78, 5) is 0. The van der Waals surface area contributed by atoms with Crippen LogP contribution in [0.2, 0.25) is 0 Å². The molecule has 0 unspecified atom stereocenters. The van der Waals surface area contributed by atoms with E-state index < -0.39 is 6.85 Å². The van der Waals surface area contributed by atoms with Crippen LogP contribution < -0.4 is 0 Å². The molecule has 0 saturated heterocycles. The van der Waals surface area contributed by atoms with E-state index >= 15 is 0 Å². The molecule has 1 nitrogen and oxygen atoms in total. The third-order valence-corrected chi connectivity index (χ3v) is 4.00. The van der Waals surface area contributed by atoms with Gasteiger partial charge in [0.25, 0.3) is 0 Å². The Morgan fingerprint density at radius 1 is 1.33 bits per heavy atom. The maximum absolute atomic E-state index is 8.92. The summed E-state index contributed by atoms with van der Waals surface area (Å²) >= 11 is 0. The first kappa shape index (κ1) is 13.3. The van der Waals surface area contributed by atoms with Gasteiger partial charge in [-0.05, 0) is 50.9 Å². The van der Waals surface area contributed by atoms with Crippen molar-refractivity contribution in [2.75, 3.05) is 6.61 Å². The van der Waals surface area contributed by atoms with Crippen molar-refractivity contribution < 1.29 is 9.22 Å². The highest BCUT2D eigenvalue weighted by Gasteiger charge is 2.26. The topological polar surface area (TPSA) is 20.2 Å². The molecule has 0 atom stereocenters. The third kappa shape index (κ3) is 5.89. The van der Waals surface area contributed by atoms with Crippen molar-refractivity contribution in [1.82, 2.24) is 0 Å². The number of hydrogen-bond acceptors (Lipinski definition) is 1. The van der Waals surface area contributed by atoms with E-state index in [1.54, 1.807) is 6.08 Å². The minimum absolute atomic E-state index is 0.157. The second kappa shape index (κ2) is 8.19. The summed E-state index contributed by atoms with van der Waals surface area (Å²) in [6, 6.07) is 0. The van der Waals surface area contributed by atoms with Gasteiger partial charge in [0, 0.05) is 4.11 Å². The Labute approximate surface area is 134 Å². The van der Waals surface area contributed by atoms with Crippen molar-refractivity contribution in [2.24, 2.45) is 5.41 Å². The van der Waals surface area contributed by atoms with Gasteiger partial charge in [-0.25, -0.2) is 0 Å². The van der Waals surface area contributed by atoms with Crippen LogP contribution in [0.4, 0.5) is 0 Å². The molecular formula is C20H30O. The lowest BCUT2D eigenvalue weighted by atomic mass is 9.72. The zero-order chi connectivity index (χ0) is 18.4. The van der Waals surface area contributed by atoms with Gasteiger partial charge in [-0.3, -0.25) is 0 Å². The highest BCUT2D eigenvalue weighted by atomic mass is 16.2. The van der Waals surface area contributed by atoms with Gasteiger partial charge in [-0.1, -0.05) is 67.0 Å². The van der Waals surface area contributed by atoms with Crippen LogP contribution in [-0.2, 0) is 0 Å². The van der Waals surface area contributed by atoms with Crippen LogP contribution in [0.3, 0.4) is 0 Å². The summed E-state index contributed by atoms with van der Waals surface area (Å²) in [6.07, 6.45) is 14.4. The molecular weight excluding hydrogens is 256 g/mol. The Morgan fingerprint density at radius 3 is 2.71 bits per heavy atom. The van der Waals surface area contributed by atoms with Crippen molar-refractivity contribution in [2.45, 2.75) is 53.8 Å². The molecule has 0 aromatic carbocycles. The zero-order valence-corrected chi connectivity index (χ0v) is 13.7. The van der Waals surface area contributed by atoms with Gasteiger partial charge < -0.3 is 5.11 Å². The fraction of sp³-hybridized carbons (Fsp3) is 0.500. The molecule has 0 heterocycles. The van der Waals surface area contributed by atoms with Gasteiger partial charge in [0.15, 0.2) is 0 Å². The molecule has 21 heavy (non-hydrogen) atoms. The minimum atomic E-state index is -2.20. The molecule has 0 fully saturated rings. The second-order valence-corrected chi connectivity index (χ2v) is 6.38. The molecule has 1 aliphatic carbocycles. The molecule has 0 aromatic heterocycles. The monoisotopic (exact) mass is 289 g/mol. The second-order valence-electron chi connectivity index (χ2n) is 6.38. The van der Waals surface area contributed by atoms with Crippen LogP contribution in [0, 0.1) is 5.41 Å². The summed E-state index contributed by atoms with van der Waals surface area (Å²) < 4.78 is 22.3. The van der Waals surface area contributed by atoms with Gasteiger partial charge in [0.05, 0.1) is 6.61 Å². The molecule has 0 bridgehead atoms. The van der Waals surface area contributed by atoms with E-state index in [4.69, 9.17) is 9.22 Å². The Balaban J connectivity index is 2.87. The average Bonchev–Trinajstić information content (AvgIpc) is 2.44. The summed E-state index contributed by atoms with van der Waals surface area (Å²) in [5.41, 5.74) is 4.30. The van der Waals surface area contributed by atoms with Gasteiger partial charge in [0.2, 0.25) is 0 Å². The first-order chi connectivity index (χ1) is 11.1. The van der Waals surface area contributed by atoms with Crippen LogP contribution in [0.25, 0.3) is 0 Å². The van der Waals surface area contributed by atoms with E-state index in [9.17, 15) is 0 Å². The number of allylic oxidation sites excluding steroid dienone is 9. The van der Waals surface area contributed by atoms with Crippen LogP contribution in [-0.4, -0.2) is 11.7 Å². The summed E-state index contributed by atoms with van der Waals surface area (Å²) in [5, 5.41) is 8.92. The van der Waals surface area contributed by atoms with Gasteiger partial charge in [-0.15, -0.1) is 0 Å². The largest absolute Gasteiger partial charge is 0.392 e. The molecule has 0 saturated carbocycles. The van der Waals surface area contributed by atoms with Gasteiger partial charge >= 0.3 is 0 Å². The van der Waals surface area contributed by atoms with Crippen LogP contribution in [0.1, 0.15) is 57.9 Å². The van der Waals surface area contributed by atoms with Crippen LogP contribution in [0.5, 0.6) is 0 Å². The number of hydrogen-bond donors (Lipinski definition) is 1. The van der Waals surface area contributed by atoms with E-state index in [1.165, 1.54) is 42.6 Å². The third-order valence-electron chi connectivity index (χ3n) is 4.00. The predicted octanol–water partition coefficient (Wildman–Crippen LogP) is 5.51. The molecule has 0 radical (unpaired) electrons. The SMILES string of the molecule is [2H]C([2H])([2H])C(/C=C/C=C(C)/C=C/C1=C(C)CCCC1(C)C)=C\CO. The normalized spacial score (nSPS) is 23.6. The van der Waals surface area contributed by atoms with Crippen molar-refractivity contribution in [3.8, 4) is 0 Å². The Kier molecular flexibility index (Phi) is 5.20. The highest BCUT2D eigenvalue weighted by Crippen LogP contribution is 2.40. The zero-order valence-electron chi connectivity index (χ0n) is 16.7. The average molecular weight is 289 g/mol. The van der Waals surface area contributed by atoms with E-state index in [1.807, 2.05) is 13.0 Å².